The summed E-state index contributed by atoms with van der Waals surface area (Å²) in [6.07, 6.45) is 1.09. The zero-order chi connectivity index (χ0) is 15.1. The van der Waals surface area contributed by atoms with Crippen molar-refractivity contribution in [2.45, 2.75) is 33.2 Å². The molecule has 1 atom stereocenters. The smallest absolute Gasteiger partial charge is 0.142 e. The van der Waals surface area contributed by atoms with Gasteiger partial charge in [0.25, 0.3) is 0 Å². The second-order valence-electron chi connectivity index (χ2n) is 5.67. The quantitative estimate of drug-likeness (QED) is 0.746. The molecule has 112 valence electrons. The topological polar surface area (TPSA) is 21.3 Å². The number of para-hydroxylation sites is 2. The zero-order valence-corrected chi connectivity index (χ0v) is 13.2. The van der Waals surface area contributed by atoms with Crippen molar-refractivity contribution in [3.8, 4) is 5.75 Å². The Bertz CT molecular complexity index is 536. The summed E-state index contributed by atoms with van der Waals surface area (Å²) in [6, 6.07) is 19.1. The zero-order valence-electron chi connectivity index (χ0n) is 13.2. The first-order chi connectivity index (χ1) is 10.2. The minimum absolute atomic E-state index is 0.299. The predicted molar refractivity (Wildman–Crippen MR) is 89.9 cm³/mol. The van der Waals surface area contributed by atoms with E-state index in [0.29, 0.717) is 18.6 Å². The Balaban J connectivity index is 2.23. The molecule has 2 aromatic carbocycles. The number of nitrogens with one attached hydrogen (secondary N) is 1. The number of anilines is 1. The molecule has 0 saturated heterocycles. The second kappa shape index (κ2) is 7.72. The highest BCUT2D eigenvalue weighted by atomic mass is 16.5. The van der Waals surface area contributed by atoms with Gasteiger partial charge in [-0.1, -0.05) is 56.3 Å². The van der Waals surface area contributed by atoms with Crippen molar-refractivity contribution in [2.24, 2.45) is 5.92 Å². The van der Waals surface area contributed by atoms with E-state index in [1.54, 1.807) is 0 Å². The van der Waals surface area contributed by atoms with Gasteiger partial charge in [0.1, 0.15) is 5.75 Å². The van der Waals surface area contributed by atoms with Crippen molar-refractivity contribution < 1.29 is 4.74 Å². The van der Waals surface area contributed by atoms with E-state index in [1.165, 1.54) is 5.56 Å². The molecule has 1 N–H and O–H groups in total. The van der Waals surface area contributed by atoms with E-state index >= 15 is 0 Å². The van der Waals surface area contributed by atoms with Crippen LogP contribution in [0, 0.1) is 5.92 Å². The summed E-state index contributed by atoms with van der Waals surface area (Å²) < 4.78 is 5.72. The third-order valence-electron chi connectivity index (χ3n) is 3.43. The van der Waals surface area contributed by atoms with Gasteiger partial charge < -0.3 is 10.1 Å². The average molecular weight is 283 g/mol. The Kier molecular flexibility index (Phi) is 5.68. The summed E-state index contributed by atoms with van der Waals surface area (Å²) in [4.78, 5) is 0. The Hall–Kier alpha value is -1.96. The lowest BCUT2D eigenvalue weighted by molar-refractivity contribution is 0.341. The van der Waals surface area contributed by atoms with Crippen LogP contribution < -0.4 is 10.1 Å². The molecule has 2 heteroatoms. The van der Waals surface area contributed by atoms with Crippen LogP contribution in [0.5, 0.6) is 5.75 Å². The Morgan fingerprint density at radius 1 is 0.952 bits per heavy atom. The normalized spacial score (nSPS) is 12.2. The summed E-state index contributed by atoms with van der Waals surface area (Å²) in [7, 11) is 0. The molecular weight excluding hydrogens is 258 g/mol. The van der Waals surface area contributed by atoms with Crippen LogP contribution >= 0.6 is 0 Å². The van der Waals surface area contributed by atoms with Gasteiger partial charge in [-0.2, -0.15) is 0 Å². The summed E-state index contributed by atoms with van der Waals surface area (Å²) in [6.45, 7) is 7.20. The first-order valence-corrected chi connectivity index (χ1v) is 7.74. The van der Waals surface area contributed by atoms with E-state index < -0.39 is 0 Å². The fraction of sp³-hybridized carbons (Fsp3) is 0.368. The fourth-order valence-electron chi connectivity index (χ4n) is 2.49. The molecular formula is C19H25NO. The molecule has 21 heavy (non-hydrogen) atoms. The van der Waals surface area contributed by atoms with Gasteiger partial charge in [0.2, 0.25) is 0 Å². The van der Waals surface area contributed by atoms with Crippen LogP contribution in [0.4, 0.5) is 5.69 Å². The molecule has 2 aromatic rings. The molecule has 0 heterocycles. The van der Waals surface area contributed by atoms with Gasteiger partial charge in [0.05, 0.1) is 18.3 Å². The first-order valence-electron chi connectivity index (χ1n) is 7.74. The SMILES string of the molecule is CCOc1ccccc1NC(CC(C)C)c1ccccc1. The van der Waals surface area contributed by atoms with E-state index in [1.807, 2.05) is 25.1 Å². The molecule has 0 spiro atoms. The molecule has 0 bridgehead atoms. The Morgan fingerprint density at radius 2 is 1.62 bits per heavy atom. The maximum Gasteiger partial charge on any atom is 0.142 e. The molecule has 0 aliphatic heterocycles. The van der Waals surface area contributed by atoms with Gasteiger partial charge in [-0.05, 0) is 37.0 Å². The number of hydrogen-bond donors (Lipinski definition) is 1. The van der Waals surface area contributed by atoms with Crippen LogP contribution in [0.1, 0.15) is 38.8 Å². The van der Waals surface area contributed by atoms with E-state index in [4.69, 9.17) is 4.74 Å². The highest BCUT2D eigenvalue weighted by Gasteiger charge is 2.15. The van der Waals surface area contributed by atoms with Gasteiger partial charge in [-0.15, -0.1) is 0 Å². The van der Waals surface area contributed by atoms with Crippen molar-refractivity contribution in [2.75, 3.05) is 11.9 Å². The third-order valence-corrected chi connectivity index (χ3v) is 3.43. The van der Waals surface area contributed by atoms with Crippen LogP contribution in [0.2, 0.25) is 0 Å². The summed E-state index contributed by atoms with van der Waals surface area (Å²) in [5.41, 5.74) is 2.38. The van der Waals surface area contributed by atoms with Gasteiger partial charge in [0.15, 0.2) is 0 Å². The molecule has 0 fully saturated rings. The lowest BCUT2D eigenvalue weighted by Gasteiger charge is -2.23. The van der Waals surface area contributed by atoms with E-state index in [9.17, 15) is 0 Å². The molecule has 0 aliphatic carbocycles. The van der Waals surface area contributed by atoms with Crippen molar-refractivity contribution in [3.63, 3.8) is 0 Å². The third kappa shape index (κ3) is 4.52. The highest BCUT2D eigenvalue weighted by Crippen LogP contribution is 2.31. The molecule has 2 rings (SSSR count). The number of hydrogen-bond acceptors (Lipinski definition) is 2. The predicted octanol–water partition coefficient (Wildman–Crippen LogP) is 5.28. The lowest BCUT2D eigenvalue weighted by atomic mass is 9.96. The van der Waals surface area contributed by atoms with Crippen molar-refractivity contribution in [1.29, 1.82) is 0 Å². The minimum Gasteiger partial charge on any atom is -0.492 e. The van der Waals surface area contributed by atoms with Crippen LogP contribution in [0.3, 0.4) is 0 Å². The Morgan fingerprint density at radius 3 is 2.29 bits per heavy atom. The lowest BCUT2D eigenvalue weighted by Crippen LogP contribution is -2.14. The molecule has 0 aromatic heterocycles. The largest absolute Gasteiger partial charge is 0.492 e. The molecule has 0 radical (unpaired) electrons. The van der Waals surface area contributed by atoms with E-state index in [2.05, 4.69) is 55.6 Å². The van der Waals surface area contributed by atoms with Gasteiger partial charge >= 0.3 is 0 Å². The molecule has 2 nitrogen and oxygen atoms in total. The summed E-state index contributed by atoms with van der Waals surface area (Å²) in [5.74, 6) is 1.55. The summed E-state index contributed by atoms with van der Waals surface area (Å²) in [5, 5.41) is 3.66. The number of rotatable bonds is 7. The van der Waals surface area contributed by atoms with Gasteiger partial charge in [0, 0.05) is 0 Å². The van der Waals surface area contributed by atoms with Crippen LogP contribution in [-0.4, -0.2) is 6.61 Å². The Labute approximate surface area is 128 Å². The fourth-order valence-corrected chi connectivity index (χ4v) is 2.49. The average Bonchev–Trinajstić information content (AvgIpc) is 2.49. The van der Waals surface area contributed by atoms with Crippen molar-refractivity contribution in [3.05, 3.63) is 60.2 Å². The summed E-state index contributed by atoms with van der Waals surface area (Å²) >= 11 is 0. The van der Waals surface area contributed by atoms with Crippen molar-refractivity contribution in [1.82, 2.24) is 0 Å². The van der Waals surface area contributed by atoms with Crippen LogP contribution in [-0.2, 0) is 0 Å². The van der Waals surface area contributed by atoms with E-state index in [-0.39, 0.29) is 0 Å². The molecule has 0 aliphatic rings. The van der Waals surface area contributed by atoms with Crippen LogP contribution in [0.15, 0.2) is 54.6 Å². The molecule has 0 saturated carbocycles. The van der Waals surface area contributed by atoms with Gasteiger partial charge in [-0.25, -0.2) is 0 Å². The number of ether oxygens (including phenoxy) is 1. The highest BCUT2D eigenvalue weighted by molar-refractivity contribution is 5.57. The maximum absolute atomic E-state index is 5.72. The molecule has 1 unspecified atom stereocenters. The number of benzene rings is 2. The monoisotopic (exact) mass is 283 g/mol. The maximum atomic E-state index is 5.72. The van der Waals surface area contributed by atoms with Crippen molar-refractivity contribution >= 4 is 5.69 Å². The molecule has 0 amide bonds. The van der Waals surface area contributed by atoms with E-state index in [0.717, 1.165) is 17.9 Å². The second-order valence-corrected chi connectivity index (χ2v) is 5.67. The minimum atomic E-state index is 0.299. The van der Waals surface area contributed by atoms with Gasteiger partial charge in [-0.3, -0.25) is 0 Å². The standard InChI is InChI=1S/C19H25NO/c1-4-21-19-13-9-8-12-17(19)20-18(14-15(2)3)16-10-6-5-7-11-16/h5-13,15,18,20H,4,14H2,1-3H3. The van der Waals surface area contributed by atoms with Crippen LogP contribution in [0.25, 0.3) is 0 Å². The first kappa shape index (κ1) is 15.4.